The van der Waals surface area contributed by atoms with Crippen molar-refractivity contribution < 1.29 is 27.9 Å². The highest BCUT2D eigenvalue weighted by atomic mass is 35.5. The van der Waals surface area contributed by atoms with E-state index < -0.39 is 11.8 Å². The predicted molar refractivity (Wildman–Crippen MR) is 93.4 cm³/mol. The Kier molecular flexibility index (Phi) is 5.56. The van der Waals surface area contributed by atoms with Gasteiger partial charge in [0.25, 0.3) is 5.89 Å². The minimum Gasteiger partial charge on any atom is -0.493 e. The first-order valence-electron chi connectivity index (χ1n) is 7.69. The molecule has 140 valence electrons. The van der Waals surface area contributed by atoms with Crippen LogP contribution in [-0.2, 0) is 11.3 Å². The lowest BCUT2D eigenvalue weighted by atomic mass is 10.2. The Hall–Kier alpha value is -3.13. The van der Waals surface area contributed by atoms with Crippen molar-refractivity contribution in [2.75, 3.05) is 14.2 Å². The Morgan fingerprint density at radius 1 is 1.19 bits per heavy atom. The second-order valence-corrected chi connectivity index (χ2v) is 5.66. The van der Waals surface area contributed by atoms with Crippen LogP contribution in [0.25, 0.3) is 11.4 Å². The fraction of sp³-hybridized carbons (Fsp3) is 0.167. The third-order valence-corrected chi connectivity index (χ3v) is 3.92. The molecule has 0 N–H and O–H groups in total. The van der Waals surface area contributed by atoms with E-state index in [-0.39, 0.29) is 28.9 Å². The van der Waals surface area contributed by atoms with E-state index in [1.54, 1.807) is 18.2 Å². The standard InChI is InChI=1S/C18H14ClFN2O5/c1-24-13-7-6-10(8-14(13)25-2)17-21-15(27-22-17)9-26-18(23)16-11(19)4-3-5-12(16)20/h3-8H,9H2,1-2H3. The van der Waals surface area contributed by atoms with Crippen LogP contribution >= 0.6 is 11.6 Å². The van der Waals surface area contributed by atoms with Gasteiger partial charge in [-0.05, 0) is 30.3 Å². The Morgan fingerprint density at radius 2 is 1.96 bits per heavy atom. The zero-order valence-electron chi connectivity index (χ0n) is 14.4. The van der Waals surface area contributed by atoms with Crippen molar-refractivity contribution in [2.24, 2.45) is 0 Å². The molecule has 0 atom stereocenters. The van der Waals surface area contributed by atoms with Crippen molar-refractivity contribution in [3.05, 3.63) is 58.7 Å². The molecule has 0 amide bonds. The smallest absolute Gasteiger partial charge is 0.343 e. The highest BCUT2D eigenvalue weighted by molar-refractivity contribution is 6.33. The summed E-state index contributed by atoms with van der Waals surface area (Å²) in [6, 6.07) is 9.00. The molecule has 0 radical (unpaired) electrons. The molecular weight excluding hydrogens is 379 g/mol. The minimum absolute atomic E-state index is 0.0422. The summed E-state index contributed by atoms with van der Waals surface area (Å²) in [5.74, 6) is -0.331. The van der Waals surface area contributed by atoms with E-state index in [1.807, 2.05) is 0 Å². The van der Waals surface area contributed by atoms with Crippen molar-refractivity contribution in [1.29, 1.82) is 0 Å². The van der Waals surface area contributed by atoms with Crippen LogP contribution in [0, 0.1) is 5.82 Å². The number of ether oxygens (including phenoxy) is 3. The second-order valence-electron chi connectivity index (χ2n) is 5.25. The normalized spacial score (nSPS) is 10.5. The number of hydrogen-bond acceptors (Lipinski definition) is 7. The summed E-state index contributed by atoms with van der Waals surface area (Å²) in [6.07, 6.45) is 0. The Bertz CT molecular complexity index is 956. The monoisotopic (exact) mass is 392 g/mol. The van der Waals surface area contributed by atoms with E-state index in [0.29, 0.717) is 17.1 Å². The quantitative estimate of drug-likeness (QED) is 0.588. The van der Waals surface area contributed by atoms with Gasteiger partial charge in [-0.1, -0.05) is 22.8 Å². The number of aromatic nitrogens is 2. The maximum absolute atomic E-state index is 13.7. The molecule has 0 spiro atoms. The molecule has 0 aliphatic carbocycles. The average molecular weight is 393 g/mol. The average Bonchev–Trinajstić information content (AvgIpc) is 3.14. The van der Waals surface area contributed by atoms with E-state index in [4.69, 9.17) is 30.3 Å². The van der Waals surface area contributed by atoms with Gasteiger partial charge in [0.15, 0.2) is 18.1 Å². The van der Waals surface area contributed by atoms with Crippen LogP contribution in [0.1, 0.15) is 16.2 Å². The van der Waals surface area contributed by atoms with Crippen LogP contribution in [0.2, 0.25) is 5.02 Å². The molecule has 2 aromatic carbocycles. The summed E-state index contributed by atoms with van der Waals surface area (Å²) >= 11 is 5.83. The zero-order chi connectivity index (χ0) is 19.4. The largest absolute Gasteiger partial charge is 0.493 e. The van der Waals surface area contributed by atoms with Gasteiger partial charge in [0.2, 0.25) is 5.82 Å². The highest BCUT2D eigenvalue weighted by Crippen LogP contribution is 2.31. The van der Waals surface area contributed by atoms with Gasteiger partial charge >= 0.3 is 5.97 Å². The van der Waals surface area contributed by atoms with Crippen molar-refractivity contribution in [3.8, 4) is 22.9 Å². The van der Waals surface area contributed by atoms with Crippen molar-refractivity contribution >= 4 is 17.6 Å². The SMILES string of the molecule is COc1ccc(-c2noc(COC(=O)c3c(F)cccc3Cl)n2)cc1OC. The highest BCUT2D eigenvalue weighted by Gasteiger charge is 2.19. The third-order valence-electron chi connectivity index (χ3n) is 3.60. The number of methoxy groups -OCH3 is 2. The predicted octanol–water partition coefficient (Wildman–Crippen LogP) is 3.90. The third kappa shape index (κ3) is 4.01. The number of hydrogen-bond donors (Lipinski definition) is 0. The number of nitrogens with zero attached hydrogens (tertiary/aromatic N) is 2. The van der Waals surface area contributed by atoms with Crippen LogP contribution in [0.5, 0.6) is 11.5 Å². The van der Waals surface area contributed by atoms with E-state index >= 15 is 0 Å². The molecular formula is C18H14ClFN2O5. The molecule has 3 rings (SSSR count). The molecule has 3 aromatic rings. The lowest BCUT2D eigenvalue weighted by molar-refractivity contribution is 0.0424. The second kappa shape index (κ2) is 8.05. The number of rotatable bonds is 6. The molecule has 9 heteroatoms. The van der Waals surface area contributed by atoms with Gasteiger partial charge in [-0.25, -0.2) is 9.18 Å². The summed E-state index contributed by atoms with van der Waals surface area (Å²) in [5, 5.41) is 3.78. The minimum atomic E-state index is -0.927. The Balaban J connectivity index is 1.72. The van der Waals surface area contributed by atoms with Crippen molar-refractivity contribution in [1.82, 2.24) is 10.1 Å². The number of esters is 1. The fourth-order valence-corrected chi connectivity index (χ4v) is 2.54. The molecule has 1 heterocycles. The summed E-state index contributed by atoms with van der Waals surface area (Å²) in [4.78, 5) is 16.2. The first-order chi connectivity index (χ1) is 13.0. The molecule has 0 unspecified atom stereocenters. The number of carbonyl (C=O) groups is 1. The van der Waals surface area contributed by atoms with Gasteiger partial charge in [-0.3, -0.25) is 0 Å². The topological polar surface area (TPSA) is 83.7 Å². The Morgan fingerprint density at radius 3 is 2.67 bits per heavy atom. The van der Waals surface area contributed by atoms with Gasteiger partial charge < -0.3 is 18.7 Å². The maximum Gasteiger partial charge on any atom is 0.343 e. The molecule has 0 fully saturated rings. The van der Waals surface area contributed by atoms with Crippen molar-refractivity contribution in [3.63, 3.8) is 0 Å². The number of halogens is 2. The van der Waals surface area contributed by atoms with Crippen LogP contribution in [0.3, 0.4) is 0 Å². The molecule has 0 bridgehead atoms. The summed E-state index contributed by atoms with van der Waals surface area (Å²) in [7, 11) is 3.04. The van der Waals surface area contributed by atoms with Crippen LogP contribution in [-0.4, -0.2) is 30.3 Å². The molecule has 1 aromatic heterocycles. The van der Waals surface area contributed by atoms with Crippen molar-refractivity contribution in [2.45, 2.75) is 6.61 Å². The summed E-state index contributed by atoms with van der Waals surface area (Å²) in [5.41, 5.74) is 0.268. The van der Waals surface area contributed by atoms with Crippen LogP contribution < -0.4 is 9.47 Å². The molecule has 0 saturated carbocycles. The van der Waals surface area contributed by atoms with Gasteiger partial charge in [-0.15, -0.1) is 0 Å². The number of carbonyl (C=O) groups excluding carboxylic acids is 1. The van der Waals surface area contributed by atoms with Gasteiger partial charge in [0, 0.05) is 5.56 Å². The molecule has 0 aliphatic heterocycles. The molecule has 0 aliphatic rings. The maximum atomic E-state index is 13.7. The van der Waals surface area contributed by atoms with E-state index in [9.17, 15) is 9.18 Å². The first-order valence-corrected chi connectivity index (χ1v) is 8.07. The first kappa shape index (κ1) is 18.7. The summed E-state index contributed by atoms with van der Waals surface area (Å²) < 4.78 is 34.2. The summed E-state index contributed by atoms with van der Waals surface area (Å²) in [6.45, 7) is -0.330. The van der Waals surface area contributed by atoms with Gasteiger partial charge in [0.1, 0.15) is 11.4 Å². The molecule has 0 saturated heterocycles. The molecule has 7 nitrogen and oxygen atoms in total. The van der Waals surface area contributed by atoms with E-state index in [0.717, 1.165) is 6.07 Å². The fourth-order valence-electron chi connectivity index (χ4n) is 2.30. The molecule has 27 heavy (non-hydrogen) atoms. The Labute approximate surface area is 158 Å². The zero-order valence-corrected chi connectivity index (χ0v) is 15.1. The van der Waals surface area contributed by atoms with E-state index in [1.165, 1.54) is 26.4 Å². The van der Waals surface area contributed by atoms with E-state index in [2.05, 4.69) is 10.1 Å². The van der Waals surface area contributed by atoms with Gasteiger partial charge in [0.05, 0.1) is 19.2 Å². The lowest BCUT2D eigenvalue weighted by Crippen LogP contribution is -2.08. The number of benzene rings is 2. The van der Waals surface area contributed by atoms with Gasteiger partial charge in [-0.2, -0.15) is 4.98 Å². The van der Waals surface area contributed by atoms with Crippen LogP contribution in [0.15, 0.2) is 40.9 Å². The van der Waals surface area contributed by atoms with Crippen LogP contribution in [0.4, 0.5) is 4.39 Å². The lowest BCUT2D eigenvalue weighted by Gasteiger charge is -2.07.